The highest BCUT2D eigenvalue weighted by molar-refractivity contribution is 5.92. The average molecular weight is 395 g/mol. The summed E-state index contributed by atoms with van der Waals surface area (Å²) in [5.41, 5.74) is 1.79. The molecule has 0 aromatic heterocycles. The molecule has 2 heterocycles. The number of halogens is 1. The maximum Gasteiger partial charge on any atom is 0.227 e. The van der Waals surface area contributed by atoms with Gasteiger partial charge in [-0.3, -0.25) is 9.59 Å². The van der Waals surface area contributed by atoms with Crippen LogP contribution in [0.2, 0.25) is 0 Å². The molecule has 7 heteroatoms. The van der Waals surface area contributed by atoms with Crippen molar-refractivity contribution in [2.45, 2.75) is 32.2 Å². The van der Waals surface area contributed by atoms with E-state index in [-0.39, 0.29) is 30.1 Å². The zero-order chi connectivity index (χ0) is 18.5. The molecule has 1 aromatic rings. The number of nitrogens with zero attached hydrogens (tertiary/aromatic N) is 2. The van der Waals surface area contributed by atoms with Crippen LogP contribution in [0.25, 0.3) is 0 Å². The molecule has 2 aliphatic heterocycles. The van der Waals surface area contributed by atoms with Gasteiger partial charge < -0.3 is 20.4 Å². The fourth-order valence-electron chi connectivity index (χ4n) is 3.66. The molecule has 1 aromatic carbocycles. The lowest BCUT2D eigenvalue weighted by molar-refractivity contribution is -0.132. The summed E-state index contributed by atoms with van der Waals surface area (Å²) in [4.78, 5) is 29.0. The number of piperazine rings is 1. The van der Waals surface area contributed by atoms with Crippen LogP contribution < -0.4 is 10.6 Å². The predicted octanol–water partition coefficient (Wildman–Crippen LogP) is 1.75. The fraction of sp³-hybridized carbons (Fsp3) is 0.600. The van der Waals surface area contributed by atoms with Gasteiger partial charge in [0.25, 0.3) is 0 Å². The molecule has 0 saturated carbocycles. The number of rotatable bonds is 4. The van der Waals surface area contributed by atoms with E-state index in [0.29, 0.717) is 12.5 Å². The Labute approximate surface area is 168 Å². The third kappa shape index (κ3) is 6.19. The highest BCUT2D eigenvalue weighted by Crippen LogP contribution is 2.19. The van der Waals surface area contributed by atoms with Gasteiger partial charge in [0.1, 0.15) is 0 Å². The first-order valence-corrected chi connectivity index (χ1v) is 9.61. The lowest BCUT2D eigenvalue weighted by atomic mass is 9.92. The summed E-state index contributed by atoms with van der Waals surface area (Å²) >= 11 is 0. The Hall–Kier alpha value is -1.63. The highest BCUT2D eigenvalue weighted by Gasteiger charge is 2.24. The Bertz CT molecular complexity index is 629. The smallest absolute Gasteiger partial charge is 0.227 e. The van der Waals surface area contributed by atoms with Gasteiger partial charge in [-0.05, 0) is 51.1 Å². The van der Waals surface area contributed by atoms with E-state index in [1.54, 1.807) is 0 Å². The molecule has 0 spiro atoms. The summed E-state index contributed by atoms with van der Waals surface area (Å²) in [6, 6.07) is 8.07. The number of piperidine rings is 1. The fourth-order valence-corrected chi connectivity index (χ4v) is 3.66. The minimum atomic E-state index is 0. The second-order valence-electron chi connectivity index (χ2n) is 7.62. The van der Waals surface area contributed by atoms with E-state index in [2.05, 4.69) is 29.5 Å². The van der Waals surface area contributed by atoms with E-state index in [0.717, 1.165) is 56.8 Å². The van der Waals surface area contributed by atoms with Gasteiger partial charge in [0.2, 0.25) is 11.8 Å². The number of nitrogens with one attached hydrogen (secondary N) is 2. The molecule has 0 radical (unpaired) electrons. The molecular weight excluding hydrogens is 364 g/mol. The van der Waals surface area contributed by atoms with Crippen molar-refractivity contribution in [2.75, 3.05) is 45.1 Å². The maximum atomic E-state index is 12.4. The first-order chi connectivity index (χ1) is 12.5. The Morgan fingerprint density at radius 1 is 1.15 bits per heavy atom. The number of carbonyl (C=O) groups excluding carboxylic acids is 2. The highest BCUT2D eigenvalue weighted by atomic mass is 35.5. The average Bonchev–Trinajstić information content (AvgIpc) is 2.64. The number of carbonyl (C=O) groups is 2. The number of hydrogen-bond donors (Lipinski definition) is 2. The van der Waals surface area contributed by atoms with Gasteiger partial charge in [-0.15, -0.1) is 12.4 Å². The van der Waals surface area contributed by atoms with Gasteiger partial charge in [-0.2, -0.15) is 0 Å². The number of amides is 2. The monoisotopic (exact) mass is 394 g/mol. The third-order valence-corrected chi connectivity index (χ3v) is 5.43. The zero-order valence-electron chi connectivity index (χ0n) is 16.2. The quantitative estimate of drug-likeness (QED) is 0.816. The van der Waals surface area contributed by atoms with Crippen LogP contribution in [0, 0.1) is 5.92 Å². The second kappa shape index (κ2) is 10.1. The van der Waals surface area contributed by atoms with Crippen LogP contribution in [-0.2, 0) is 16.0 Å². The molecule has 2 atom stereocenters. The number of hydrogen-bond acceptors (Lipinski definition) is 4. The van der Waals surface area contributed by atoms with Crippen molar-refractivity contribution in [1.82, 2.24) is 15.1 Å². The van der Waals surface area contributed by atoms with Crippen molar-refractivity contribution in [1.29, 1.82) is 0 Å². The topological polar surface area (TPSA) is 64.7 Å². The van der Waals surface area contributed by atoms with Crippen molar-refractivity contribution in [3.8, 4) is 0 Å². The van der Waals surface area contributed by atoms with E-state index in [9.17, 15) is 9.59 Å². The molecule has 2 N–H and O–H groups in total. The Balaban J connectivity index is 0.00000261. The third-order valence-electron chi connectivity index (χ3n) is 5.43. The molecule has 2 aliphatic rings. The predicted molar refractivity (Wildman–Crippen MR) is 110 cm³/mol. The first kappa shape index (κ1) is 21.7. The van der Waals surface area contributed by atoms with Crippen LogP contribution in [0.15, 0.2) is 24.3 Å². The van der Waals surface area contributed by atoms with Crippen LogP contribution >= 0.6 is 12.4 Å². The van der Waals surface area contributed by atoms with E-state index in [4.69, 9.17) is 0 Å². The van der Waals surface area contributed by atoms with Crippen molar-refractivity contribution in [3.05, 3.63) is 29.8 Å². The standard InChI is InChI=1S/C20H30N4O2.ClH/c1-15-13-17(7-8-21-15)20(26)22-18-5-3-16(4-6-18)14-19(25)24-11-9-23(2)10-12-24;/h3-6,15,17,21H,7-14H2,1-2H3,(H,22,26);1H/t15-,17-;/m0./s1. The summed E-state index contributed by atoms with van der Waals surface area (Å²) in [5, 5.41) is 6.38. The lowest BCUT2D eigenvalue weighted by Crippen LogP contribution is -2.47. The van der Waals surface area contributed by atoms with Gasteiger partial charge in [-0.25, -0.2) is 0 Å². The number of likely N-dealkylation sites (N-methyl/N-ethyl adjacent to an activating group) is 1. The van der Waals surface area contributed by atoms with Crippen molar-refractivity contribution >= 4 is 29.9 Å². The number of benzene rings is 1. The largest absolute Gasteiger partial charge is 0.340 e. The molecule has 0 unspecified atom stereocenters. The minimum Gasteiger partial charge on any atom is -0.340 e. The van der Waals surface area contributed by atoms with E-state index in [1.807, 2.05) is 29.2 Å². The Morgan fingerprint density at radius 3 is 2.44 bits per heavy atom. The summed E-state index contributed by atoms with van der Waals surface area (Å²) in [7, 11) is 2.08. The van der Waals surface area contributed by atoms with E-state index < -0.39 is 0 Å². The molecule has 2 saturated heterocycles. The summed E-state index contributed by atoms with van der Waals surface area (Å²) in [6.07, 6.45) is 2.18. The molecule has 6 nitrogen and oxygen atoms in total. The Morgan fingerprint density at radius 2 is 1.81 bits per heavy atom. The van der Waals surface area contributed by atoms with Gasteiger partial charge in [-0.1, -0.05) is 12.1 Å². The van der Waals surface area contributed by atoms with E-state index in [1.165, 1.54) is 0 Å². The van der Waals surface area contributed by atoms with E-state index >= 15 is 0 Å². The SMILES string of the molecule is C[C@H]1C[C@@H](C(=O)Nc2ccc(CC(=O)N3CCN(C)CC3)cc2)CCN1.Cl. The van der Waals surface area contributed by atoms with Gasteiger partial charge in [0.05, 0.1) is 6.42 Å². The number of anilines is 1. The molecule has 150 valence electrons. The van der Waals surface area contributed by atoms with Crippen LogP contribution in [0.5, 0.6) is 0 Å². The molecule has 0 bridgehead atoms. The van der Waals surface area contributed by atoms with Crippen LogP contribution in [0.4, 0.5) is 5.69 Å². The summed E-state index contributed by atoms with van der Waals surface area (Å²) < 4.78 is 0. The second-order valence-corrected chi connectivity index (χ2v) is 7.62. The molecule has 27 heavy (non-hydrogen) atoms. The van der Waals surface area contributed by atoms with Crippen LogP contribution in [0.1, 0.15) is 25.3 Å². The molecule has 2 amide bonds. The van der Waals surface area contributed by atoms with Crippen molar-refractivity contribution in [2.24, 2.45) is 5.92 Å². The summed E-state index contributed by atoms with van der Waals surface area (Å²) in [5.74, 6) is 0.350. The van der Waals surface area contributed by atoms with Crippen LogP contribution in [-0.4, -0.2) is 67.4 Å². The maximum absolute atomic E-state index is 12.4. The molecule has 3 rings (SSSR count). The van der Waals surface area contributed by atoms with Gasteiger partial charge in [0, 0.05) is 43.8 Å². The molecule has 0 aliphatic carbocycles. The first-order valence-electron chi connectivity index (χ1n) is 9.61. The summed E-state index contributed by atoms with van der Waals surface area (Å²) in [6.45, 7) is 6.49. The normalized spacial score (nSPS) is 23.4. The zero-order valence-corrected chi connectivity index (χ0v) is 17.1. The lowest BCUT2D eigenvalue weighted by Gasteiger charge is -2.32. The molecular formula is C20H31ClN4O2. The van der Waals surface area contributed by atoms with Crippen LogP contribution in [0.3, 0.4) is 0 Å². The van der Waals surface area contributed by atoms with Gasteiger partial charge >= 0.3 is 0 Å². The molecule has 2 fully saturated rings. The van der Waals surface area contributed by atoms with Crippen molar-refractivity contribution in [3.63, 3.8) is 0 Å². The Kier molecular flexibility index (Phi) is 8.07. The minimum absolute atomic E-state index is 0. The van der Waals surface area contributed by atoms with Crippen molar-refractivity contribution < 1.29 is 9.59 Å². The van der Waals surface area contributed by atoms with Gasteiger partial charge in [0.15, 0.2) is 0 Å².